The first-order chi connectivity index (χ1) is 11.6. The summed E-state index contributed by atoms with van der Waals surface area (Å²) >= 11 is 0. The fourth-order valence-corrected chi connectivity index (χ4v) is 3.48. The second-order valence-electron chi connectivity index (χ2n) is 6.56. The van der Waals surface area contributed by atoms with Crippen molar-refractivity contribution in [1.82, 2.24) is 19.7 Å². The maximum atomic E-state index is 12.0. The minimum Gasteiger partial charge on any atom is -0.339 e. The van der Waals surface area contributed by atoms with E-state index in [1.807, 2.05) is 18.2 Å². The molecule has 1 aliphatic rings. The van der Waals surface area contributed by atoms with Gasteiger partial charge >= 0.3 is 0 Å². The summed E-state index contributed by atoms with van der Waals surface area (Å²) in [6.45, 7) is 1.73. The predicted molar refractivity (Wildman–Crippen MR) is 90.8 cm³/mol. The van der Waals surface area contributed by atoms with E-state index in [2.05, 4.69) is 15.1 Å². The van der Waals surface area contributed by atoms with E-state index in [1.54, 1.807) is 18.5 Å². The number of aromatic nitrogens is 4. The van der Waals surface area contributed by atoms with Gasteiger partial charge in [0, 0.05) is 18.5 Å². The Bertz CT molecular complexity index is 951. The van der Waals surface area contributed by atoms with Crippen LogP contribution in [0.2, 0.25) is 0 Å². The molecule has 124 valence electrons. The zero-order valence-corrected chi connectivity index (χ0v) is 14.0. The Morgan fingerprint density at radius 2 is 1.96 bits per heavy atom. The molecule has 24 heavy (non-hydrogen) atoms. The third-order valence-corrected chi connectivity index (χ3v) is 4.89. The van der Waals surface area contributed by atoms with Gasteiger partial charge in [-0.3, -0.25) is 4.79 Å². The van der Waals surface area contributed by atoms with E-state index in [1.165, 1.54) is 19.3 Å². The first kappa shape index (κ1) is 15.1. The van der Waals surface area contributed by atoms with Gasteiger partial charge in [-0.1, -0.05) is 24.4 Å². The number of fused-ring (bicyclic) bond motifs is 1. The maximum Gasteiger partial charge on any atom is 0.272 e. The highest BCUT2D eigenvalue weighted by Crippen LogP contribution is 2.32. The van der Waals surface area contributed by atoms with Crippen LogP contribution in [0, 0.1) is 6.92 Å². The average Bonchev–Trinajstić information content (AvgIpc) is 3.10. The van der Waals surface area contributed by atoms with E-state index in [-0.39, 0.29) is 5.56 Å². The average molecular weight is 324 g/mol. The standard InChI is InChI=1S/C18H20N4O2/c1-11-18(23)22(2)15-9-8-13(10-14(15)19-11)16-20-17(24-21-16)12-6-4-3-5-7-12/h8-10,12H,3-7H2,1-2H3. The molecule has 1 aliphatic carbocycles. The number of hydrogen-bond acceptors (Lipinski definition) is 5. The van der Waals surface area contributed by atoms with Gasteiger partial charge in [-0.15, -0.1) is 0 Å². The molecule has 4 rings (SSSR count). The molecule has 0 saturated heterocycles. The molecule has 0 bridgehead atoms. The van der Waals surface area contributed by atoms with Gasteiger partial charge < -0.3 is 9.09 Å². The molecular formula is C18H20N4O2. The Hall–Kier alpha value is -2.50. The summed E-state index contributed by atoms with van der Waals surface area (Å²) in [6.07, 6.45) is 6.02. The smallest absolute Gasteiger partial charge is 0.272 e. The lowest BCUT2D eigenvalue weighted by atomic mass is 9.89. The summed E-state index contributed by atoms with van der Waals surface area (Å²) in [5.41, 5.74) is 2.83. The number of nitrogens with zero attached hydrogens (tertiary/aromatic N) is 4. The molecule has 6 nitrogen and oxygen atoms in total. The van der Waals surface area contributed by atoms with E-state index in [4.69, 9.17) is 4.52 Å². The Morgan fingerprint density at radius 3 is 2.75 bits per heavy atom. The van der Waals surface area contributed by atoms with Crippen molar-refractivity contribution >= 4 is 11.0 Å². The normalized spacial score (nSPS) is 15.9. The largest absolute Gasteiger partial charge is 0.339 e. The Balaban J connectivity index is 1.73. The van der Waals surface area contributed by atoms with Gasteiger partial charge in [-0.05, 0) is 38.0 Å². The number of rotatable bonds is 2. The Labute approximate surface area is 139 Å². The number of benzene rings is 1. The van der Waals surface area contributed by atoms with Crippen molar-refractivity contribution in [1.29, 1.82) is 0 Å². The Kier molecular flexibility index (Phi) is 3.67. The molecule has 3 aromatic rings. The van der Waals surface area contributed by atoms with Crippen molar-refractivity contribution in [2.75, 3.05) is 0 Å². The van der Waals surface area contributed by atoms with Crippen LogP contribution in [0.4, 0.5) is 0 Å². The van der Waals surface area contributed by atoms with Crippen LogP contribution in [0.3, 0.4) is 0 Å². The molecule has 1 fully saturated rings. The van der Waals surface area contributed by atoms with Crippen molar-refractivity contribution in [2.24, 2.45) is 7.05 Å². The molecule has 6 heteroatoms. The van der Waals surface area contributed by atoms with Crippen LogP contribution in [0.15, 0.2) is 27.5 Å². The van der Waals surface area contributed by atoms with Gasteiger partial charge in [0.05, 0.1) is 11.0 Å². The second kappa shape index (κ2) is 5.85. The SMILES string of the molecule is Cc1nc2cc(-c3noc(C4CCCCC4)n3)ccc2n(C)c1=O. The third kappa shape index (κ3) is 2.52. The van der Waals surface area contributed by atoms with Crippen LogP contribution in [0.5, 0.6) is 0 Å². The zero-order chi connectivity index (χ0) is 16.7. The summed E-state index contributed by atoms with van der Waals surface area (Å²) in [6, 6.07) is 5.71. The van der Waals surface area contributed by atoms with E-state index in [9.17, 15) is 4.79 Å². The van der Waals surface area contributed by atoms with Crippen LogP contribution in [0.25, 0.3) is 22.4 Å². The lowest BCUT2D eigenvalue weighted by Crippen LogP contribution is -2.21. The van der Waals surface area contributed by atoms with Gasteiger partial charge in [0.2, 0.25) is 11.7 Å². The molecule has 2 heterocycles. The zero-order valence-electron chi connectivity index (χ0n) is 14.0. The highest BCUT2D eigenvalue weighted by molar-refractivity contribution is 5.80. The lowest BCUT2D eigenvalue weighted by Gasteiger charge is -2.17. The minimum absolute atomic E-state index is 0.0746. The van der Waals surface area contributed by atoms with Crippen molar-refractivity contribution in [3.63, 3.8) is 0 Å². The molecule has 0 spiro atoms. The third-order valence-electron chi connectivity index (χ3n) is 4.89. The van der Waals surface area contributed by atoms with Gasteiger partial charge in [0.25, 0.3) is 5.56 Å². The van der Waals surface area contributed by atoms with Crippen LogP contribution in [0.1, 0.15) is 49.6 Å². The van der Waals surface area contributed by atoms with E-state index in [0.29, 0.717) is 17.4 Å². The van der Waals surface area contributed by atoms with Crippen LogP contribution < -0.4 is 5.56 Å². The maximum absolute atomic E-state index is 12.0. The molecular weight excluding hydrogens is 304 g/mol. The summed E-state index contributed by atoms with van der Waals surface area (Å²) in [5.74, 6) is 1.72. The van der Waals surface area contributed by atoms with Crippen LogP contribution in [-0.2, 0) is 7.05 Å². The molecule has 1 saturated carbocycles. The van der Waals surface area contributed by atoms with Crippen LogP contribution >= 0.6 is 0 Å². The quantitative estimate of drug-likeness (QED) is 0.723. The molecule has 0 atom stereocenters. The molecule has 0 N–H and O–H groups in total. The molecule has 2 aromatic heterocycles. The summed E-state index contributed by atoms with van der Waals surface area (Å²) < 4.78 is 7.12. The van der Waals surface area contributed by atoms with E-state index >= 15 is 0 Å². The van der Waals surface area contributed by atoms with Crippen molar-refractivity contribution < 1.29 is 4.52 Å². The second-order valence-corrected chi connectivity index (χ2v) is 6.56. The summed E-state index contributed by atoms with van der Waals surface area (Å²) in [5, 5.41) is 4.15. The van der Waals surface area contributed by atoms with Crippen LogP contribution in [-0.4, -0.2) is 19.7 Å². The molecule has 1 aromatic carbocycles. The summed E-state index contributed by atoms with van der Waals surface area (Å²) in [4.78, 5) is 21.0. The van der Waals surface area contributed by atoms with E-state index in [0.717, 1.165) is 35.3 Å². The van der Waals surface area contributed by atoms with Gasteiger partial charge in [-0.25, -0.2) is 4.98 Å². The van der Waals surface area contributed by atoms with E-state index < -0.39 is 0 Å². The fourth-order valence-electron chi connectivity index (χ4n) is 3.48. The Morgan fingerprint density at radius 1 is 1.17 bits per heavy atom. The minimum atomic E-state index is -0.0746. The fraction of sp³-hybridized carbons (Fsp3) is 0.444. The lowest BCUT2D eigenvalue weighted by molar-refractivity contribution is 0.314. The predicted octanol–water partition coefficient (Wildman–Crippen LogP) is 3.34. The van der Waals surface area contributed by atoms with Crippen molar-refractivity contribution in [3.8, 4) is 11.4 Å². The first-order valence-electron chi connectivity index (χ1n) is 8.45. The van der Waals surface area contributed by atoms with Crippen molar-refractivity contribution in [2.45, 2.75) is 44.9 Å². The van der Waals surface area contributed by atoms with Gasteiger partial charge in [0.15, 0.2) is 0 Å². The van der Waals surface area contributed by atoms with Gasteiger partial charge in [-0.2, -0.15) is 4.98 Å². The molecule has 0 aliphatic heterocycles. The molecule has 0 radical (unpaired) electrons. The monoisotopic (exact) mass is 324 g/mol. The first-order valence-corrected chi connectivity index (χ1v) is 8.45. The molecule has 0 unspecified atom stereocenters. The molecule has 0 amide bonds. The topological polar surface area (TPSA) is 73.8 Å². The number of aryl methyl sites for hydroxylation is 2. The highest BCUT2D eigenvalue weighted by atomic mass is 16.5. The van der Waals surface area contributed by atoms with Crippen molar-refractivity contribution in [3.05, 3.63) is 40.1 Å². The highest BCUT2D eigenvalue weighted by Gasteiger charge is 2.22. The summed E-state index contributed by atoms with van der Waals surface area (Å²) in [7, 11) is 1.76. The van der Waals surface area contributed by atoms with Gasteiger partial charge in [0.1, 0.15) is 5.69 Å². The number of hydrogen-bond donors (Lipinski definition) is 0.